The van der Waals surface area contributed by atoms with E-state index in [1.807, 2.05) is 0 Å². The highest BCUT2D eigenvalue weighted by Crippen LogP contribution is 2.31. The Bertz CT molecular complexity index is 659. The molecular weight excluding hydrogens is 272 g/mol. The minimum atomic E-state index is -3.73. The molecule has 1 heterocycles. The lowest BCUT2D eigenvalue weighted by atomic mass is 10.3. The van der Waals surface area contributed by atoms with Crippen LogP contribution in [0.25, 0.3) is 0 Å². The van der Waals surface area contributed by atoms with E-state index >= 15 is 0 Å². The average molecular weight is 282 g/mol. The van der Waals surface area contributed by atoms with Gasteiger partial charge in [0, 0.05) is 16.8 Å². The maximum atomic E-state index is 11.1. The molecule has 0 fully saturated rings. The molecule has 0 unspecified atom stereocenters. The third kappa shape index (κ3) is 2.97. The highest BCUT2D eigenvalue weighted by Gasteiger charge is 2.10. The molecule has 0 radical (unpaired) electrons. The van der Waals surface area contributed by atoms with Gasteiger partial charge in [-0.05, 0) is 24.3 Å². The number of sulfonamides is 1. The van der Waals surface area contributed by atoms with Crippen LogP contribution < -0.4 is 10.9 Å². The van der Waals surface area contributed by atoms with Gasteiger partial charge in [0.2, 0.25) is 10.0 Å². The lowest BCUT2D eigenvalue weighted by Crippen LogP contribution is -2.12. The van der Waals surface area contributed by atoms with Crippen molar-refractivity contribution in [2.45, 2.75) is 14.8 Å². The zero-order chi connectivity index (χ0) is 13.2. The summed E-state index contributed by atoms with van der Waals surface area (Å²) < 4.78 is 22.3. The Morgan fingerprint density at radius 3 is 2.56 bits per heavy atom. The van der Waals surface area contributed by atoms with Crippen molar-refractivity contribution in [3.63, 3.8) is 0 Å². The van der Waals surface area contributed by atoms with E-state index < -0.39 is 10.0 Å². The van der Waals surface area contributed by atoms with Crippen LogP contribution in [0.5, 0.6) is 0 Å². The van der Waals surface area contributed by atoms with E-state index in [2.05, 4.69) is 9.97 Å². The maximum absolute atomic E-state index is 11.1. The number of primary sulfonamides is 1. The van der Waals surface area contributed by atoms with Gasteiger partial charge in [0.05, 0.1) is 4.90 Å². The number of hydrogen-bond acceptors (Lipinski definition) is 6. The molecule has 0 spiro atoms. The summed E-state index contributed by atoms with van der Waals surface area (Å²) in [5.41, 5.74) is 6.12. The zero-order valence-electron chi connectivity index (χ0n) is 9.15. The molecule has 0 aliphatic heterocycles. The fourth-order valence-electron chi connectivity index (χ4n) is 1.25. The van der Waals surface area contributed by atoms with Crippen LogP contribution in [0.1, 0.15) is 0 Å². The maximum Gasteiger partial charge on any atom is 0.238 e. The van der Waals surface area contributed by atoms with Gasteiger partial charge in [-0.1, -0.05) is 11.8 Å². The van der Waals surface area contributed by atoms with Crippen molar-refractivity contribution in [3.8, 4) is 0 Å². The minimum Gasteiger partial charge on any atom is -0.398 e. The third-order valence-corrected chi connectivity index (χ3v) is 4.03. The summed E-state index contributed by atoms with van der Waals surface area (Å²) in [5.74, 6) is 0. The third-order valence-electron chi connectivity index (χ3n) is 2.08. The summed E-state index contributed by atoms with van der Waals surface area (Å²) in [5, 5.41) is 5.74. The lowest BCUT2D eigenvalue weighted by molar-refractivity contribution is 0.598. The predicted molar refractivity (Wildman–Crippen MR) is 68.4 cm³/mol. The van der Waals surface area contributed by atoms with Gasteiger partial charge in [0.25, 0.3) is 0 Å². The first kappa shape index (κ1) is 12.8. The van der Waals surface area contributed by atoms with Gasteiger partial charge in [-0.25, -0.2) is 23.5 Å². The smallest absolute Gasteiger partial charge is 0.238 e. The number of nitrogens with two attached hydrogens (primary N) is 2. The molecule has 0 aliphatic carbocycles. The molecule has 8 heteroatoms. The zero-order valence-corrected chi connectivity index (χ0v) is 10.8. The molecule has 18 heavy (non-hydrogen) atoms. The lowest BCUT2D eigenvalue weighted by Gasteiger charge is -2.06. The van der Waals surface area contributed by atoms with Gasteiger partial charge in [-0.2, -0.15) is 0 Å². The standard InChI is InChI=1S/C10H10N4O2S2/c11-8-5-7(18(12,15)16)1-2-9(8)17-10-3-4-13-6-14-10/h1-6H,11H2,(H2,12,15,16). The van der Waals surface area contributed by atoms with Gasteiger partial charge in [-0.3, -0.25) is 0 Å². The van der Waals surface area contributed by atoms with Crippen LogP contribution in [-0.4, -0.2) is 18.4 Å². The van der Waals surface area contributed by atoms with Crippen LogP contribution in [0.15, 0.2) is 51.6 Å². The van der Waals surface area contributed by atoms with Crippen LogP contribution in [0.3, 0.4) is 0 Å². The molecular formula is C10H10N4O2S2. The predicted octanol–water partition coefficient (Wildman–Crippen LogP) is 0.857. The second kappa shape index (κ2) is 4.92. The largest absolute Gasteiger partial charge is 0.398 e. The molecule has 1 aromatic carbocycles. The van der Waals surface area contributed by atoms with E-state index in [0.717, 1.165) is 5.03 Å². The molecule has 0 atom stereocenters. The van der Waals surface area contributed by atoms with E-state index in [4.69, 9.17) is 10.9 Å². The number of benzene rings is 1. The Hall–Kier alpha value is -1.64. The number of nitrogen functional groups attached to an aromatic ring is 1. The van der Waals surface area contributed by atoms with E-state index in [1.165, 1.54) is 30.2 Å². The Morgan fingerprint density at radius 1 is 1.22 bits per heavy atom. The second-order valence-corrected chi connectivity index (χ2v) is 6.02. The molecule has 94 valence electrons. The average Bonchev–Trinajstić information content (AvgIpc) is 2.32. The molecule has 6 nitrogen and oxygen atoms in total. The normalized spacial score (nSPS) is 11.4. The van der Waals surface area contributed by atoms with Crippen LogP contribution >= 0.6 is 11.8 Å². The van der Waals surface area contributed by atoms with Crippen LogP contribution in [0.4, 0.5) is 5.69 Å². The highest BCUT2D eigenvalue weighted by molar-refractivity contribution is 7.99. The van der Waals surface area contributed by atoms with Crippen LogP contribution in [0, 0.1) is 0 Å². The van der Waals surface area contributed by atoms with E-state index in [1.54, 1.807) is 18.3 Å². The molecule has 0 amide bonds. The Labute approximate surface area is 108 Å². The molecule has 2 aromatic rings. The quantitative estimate of drug-likeness (QED) is 0.637. The summed E-state index contributed by atoms with van der Waals surface area (Å²) in [7, 11) is -3.73. The molecule has 2 rings (SSSR count). The molecule has 0 saturated carbocycles. The number of nitrogens with zero attached hydrogens (tertiary/aromatic N) is 2. The van der Waals surface area contributed by atoms with Crippen molar-refractivity contribution in [1.29, 1.82) is 0 Å². The summed E-state index contributed by atoms with van der Waals surface area (Å²) in [4.78, 5) is 8.55. The van der Waals surface area contributed by atoms with Crippen LogP contribution in [0.2, 0.25) is 0 Å². The Morgan fingerprint density at radius 2 is 2.00 bits per heavy atom. The van der Waals surface area contributed by atoms with E-state index in [-0.39, 0.29) is 4.90 Å². The fourth-order valence-corrected chi connectivity index (χ4v) is 2.56. The summed E-state index contributed by atoms with van der Waals surface area (Å²) >= 11 is 1.32. The summed E-state index contributed by atoms with van der Waals surface area (Å²) in [6.07, 6.45) is 3.04. The van der Waals surface area contributed by atoms with Gasteiger partial charge in [0.15, 0.2) is 0 Å². The van der Waals surface area contributed by atoms with Crippen molar-refractivity contribution < 1.29 is 8.42 Å². The number of aromatic nitrogens is 2. The van der Waals surface area contributed by atoms with Crippen molar-refractivity contribution >= 4 is 27.5 Å². The SMILES string of the molecule is Nc1cc(S(N)(=O)=O)ccc1Sc1ccncn1. The number of anilines is 1. The Balaban J connectivity index is 2.32. The molecule has 4 N–H and O–H groups in total. The van der Waals surface area contributed by atoms with Crippen molar-refractivity contribution in [3.05, 3.63) is 36.8 Å². The van der Waals surface area contributed by atoms with Crippen molar-refractivity contribution in [2.24, 2.45) is 5.14 Å². The molecule has 0 saturated heterocycles. The fraction of sp³-hybridized carbons (Fsp3) is 0. The topological polar surface area (TPSA) is 112 Å². The molecule has 0 aliphatic rings. The second-order valence-electron chi connectivity index (χ2n) is 3.39. The van der Waals surface area contributed by atoms with Gasteiger partial charge >= 0.3 is 0 Å². The summed E-state index contributed by atoms with van der Waals surface area (Å²) in [6.45, 7) is 0. The van der Waals surface area contributed by atoms with Crippen molar-refractivity contribution in [1.82, 2.24) is 9.97 Å². The first-order valence-electron chi connectivity index (χ1n) is 4.83. The van der Waals surface area contributed by atoms with Crippen molar-refractivity contribution in [2.75, 3.05) is 5.73 Å². The Kier molecular flexibility index (Phi) is 3.50. The number of rotatable bonds is 3. The monoisotopic (exact) mass is 282 g/mol. The van der Waals surface area contributed by atoms with Crippen LogP contribution in [-0.2, 0) is 10.0 Å². The summed E-state index contributed by atoms with van der Waals surface area (Å²) in [6, 6.07) is 6.08. The minimum absolute atomic E-state index is 0.00737. The van der Waals surface area contributed by atoms with Gasteiger partial charge in [0.1, 0.15) is 11.4 Å². The first-order chi connectivity index (χ1) is 8.47. The van der Waals surface area contributed by atoms with E-state index in [0.29, 0.717) is 10.6 Å². The van der Waals surface area contributed by atoms with Gasteiger partial charge in [-0.15, -0.1) is 0 Å². The first-order valence-corrected chi connectivity index (χ1v) is 7.19. The molecule has 0 bridgehead atoms. The highest BCUT2D eigenvalue weighted by atomic mass is 32.2. The number of hydrogen-bond donors (Lipinski definition) is 2. The molecule has 1 aromatic heterocycles. The van der Waals surface area contributed by atoms with E-state index in [9.17, 15) is 8.42 Å². The van der Waals surface area contributed by atoms with Gasteiger partial charge < -0.3 is 5.73 Å².